The molecule has 4 rings (SSSR count). The topological polar surface area (TPSA) is 42.0 Å². The predicted octanol–water partition coefficient (Wildman–Crippen LogP) is 3.94. The van der Waals surface area contributed by atoms with Crippen LogP contribution >= 0.6 is 15.9 Å². The van der Waals surface area contributed by atoms with E-state index in [4.69, 9.17) is 9.47 Å². The van der Waals surface area contributed by atoms with Crippen molar-refractivity contribution in [3.8, 4) is 5.75 Å². The second-order valence-corrected chi connectivity index (χ2v) is 9.11. The van der Waals surface area contributed by atoms with Gasteiger partial charge in [-0.3, -0.25) is 0 Å². The van der Waals surface area contributed by atoms with Crippen molar-refractivity contribution in [2.75, 3.05) is 39.8 Å². The van der Waals surface area contributed by atoms with Crippen molar-refractivity contribution in [1.29, 1.82) is 0 Å². The molecule has 0 aromatic heterocycles. The average Bonchev–Trinajstić information content (AvgIpc) is 3.25. The van der Waals surface area contributed by atoms with E-state index in [1.165, 1.54) is 24.8 Å². The van der Waals surface area contributed by atoms with Crippen LogP contribution in [0.3, 0.4) is 0 Å². The number of hydrogen-bond donors (Lipinski definition) is 0. The van der Waals surface area contributed by atoms with Gasteiger partial charge in [0.1, 0.15) is 11.9 Å². The molecule has 2 atom stereocenters. The first kappa shape index (κ1) is 19.1. The lowest BCUT2D eigenvalue weighted by Crippen LogP contribution is -2.29. The monoisotopic (exact) mass is 436 g/mol. The molecule has 148 valence electrons. The fourth-order valence-electron chi connectivity index (χ4n) is 4.24. The molecule has 1 aromatic carbocycles. The summed E-state index contributed by atoms with van der Waals surface area (Å²) in [6, 6.07) is 6.20. The number of halogens is 1. The first-order valence-corrected chi connectivity index (χ1v) is 10.9. The van der Waals surface area contributed by atoms with Gasteiger partial charge in [-0.25, -0.2) is 4.79 Å². The minimum Gasteiger partial charge on any atom is -0.497 e. The molecule has 2 unspecified atom stereocenters. The number of cyclic esters (lactones) is 1. The molecule has 2 saturated heterocycles. The van der Waals surface area contributed by atoms with E-state index in [0.717, 1.165) is 61.7 Å². The summed E-state index contributed by atoms with van der Waals surface area (Å²) in [6.45, 7) is 4.96. The van der Waals surface area contributed by atoms with Gasteiger partial charge in [0.2, 0.25) is 0 Å². The Bertz CT molecular complexity index is 679. The zero-order valence-electron chi connectivity index (χ0n) is 16.0. The van der Waals surface area contributed by atoms with Gasteiger partial charge in [-0.1, -0.05) is 15.9 Å². The summed E-state index contributed by atoms with van der Waals surface area (Å²) in [4.78, 5) is 16.4. The van der Waals surface area contributed by atoms with Crippen LogP contribution in [0, 0.1) is 11.8 Å². The van der Waals surface area contributed by atoms with Crippen LogP contribution in [-0.2, 0) is 11.2 Å². The Balaban J connectivity index is 1.21. The maximum atomic E-state index is 12.0. The first-order chi connectivity index (χ1) is 13.1. The molecule has 27 heavy (non-hydrogen) atoms. The number of likely N-dealkylation sites (tertiary alicyclic amines) is 1. The third kappa shape index (κ3) is 4.96. The standard InChI is InChI=1S/C21H29BrN2O3/c1-26-18-4-5-20(22)17(11-18)10-16-6-8-23(12-16)9-7-19-14-24(21(25)27-19)13-15-2-3-15/h4-5,11,15-16,19H,2-3,6-10,12-14H2,1H3. The molecular formula is C21H29BrN2O3. The van der Waals surface area contributed by atoms with E-state index in [9.17, 15) is 4.79 Å². The van der Waals surface area contributed by atoms with Crippen molar-refractivity contribution in [3.05, 3.63) is 28.2 Å². The van der Waals surface area contributed by atoms with E-state index in [-0.39, 0.29) is 12.2 Å². The van der Waals surface area contributed by atoms with Gasteiger partial charge in [-0.05, 0) is 74.2 Å². The van der Waals surface area contributed by atoms with Crippen LogP contribution in [0.4, 0.5) is 4.79 Å². The molecule has 2 aliphatic heterocycles. The number of benzene rings is 1. The first-order valence-electron chi connectivity index (χ1n) is 10.1. The van der Waals surface area contributed by atoms with Crippen LogP contribution in [0.15, 0.2) is 22.7 Å². The molecule has 6 heteroatoms. The Hall–Kier alpha value is -1.27. The summed E-state index contributed by atoms with van der Waals surface area (Å²) in [5, 5.41) is 0. The van der Waals surface area contributed by atoms with Crippen molar-refractivity contribution < 1.29 is 14.3 Å². The van der Waals surface area contributed by atoms with E-state index in [0.29, 0.717) is 5.92 Å². The molecular weight excluding hydrogens is 408 g/mol. The van der Waals surface area contributed by atoms with Crippen molar-refractivity contribution >= 4 is 22.0 Å². The largest absolute Gasteiger partial charge is 0.497 e. The molecule has 0 spiro atoms. The maximum Gasteiger partial charge on any atom is 0.410 e. The number of carbonyl (C=O) groups excluding carboxylic acids is 1. The van der Waals surface area contributed by atoms with Gasteiger partial charge in [0, 0.05) is 24.1 Å². The fraction of sp³-hybridized carbons (Fsp3) is 0.667. The van der Waals surface area contributed by atoms with Crippen LogP contribution in [-0.4, -0.2) is 61.8 Å². The predicted molar refractivity (Wildman–Crippen MR) is 108 cm³/mol. The number of rotatable bonds is 8. The highest BCUT2D eigenvalue weighted by Crippen LogP contribution is 2.32. The van der Waals surface area contributed by atoms with E-state index in [2.05, 4.69) is 33.0 Å². The Kier molecular flexibility index (Phi) is 5.93. The van der Waals surface area contributed by atoms with E-state index < -0.39 is 0 Å². The number of hydrogen-bond acceptors (Lipinski definition) is 4. The van der Waals surface area contributed by atoms with Crippen LogP contribution in [0.1, 0.15) is 31.2 Å². The van der Waals surface area contributed by atoms with Crippen LogP contribution in [0.25, 0.3) is 0 Å². The highest BCUT2D eigenvalue weighted by molar-refractivity contribution is 9.10. The highest BCUT2D eigenvalue weighted by Gasteiger charge is 2.35. The normalized spacial score (nSPS) is 25.9. The smallest absolute Gasteiger partial charge is 0.410 e. The maximum absolute atomic E-state index is 12.0. The van der Waals surface area contributed by atoms with Gasteiger partial charge in [0.05, 0.1) is 13.7 Å². The summed E-state index contributed by atoms with van der Waals surface area (Å²) in [5.41, 5.74) is 1.32. The van der Waals surface area contributed by atoms with E-state index >= 15 is 0 Å². The van der Waals surface area contributed by atoms with Gasteiger partial charge >= 0.3 is 6.09 Å². The lowest BCUT2D eigenvalue weighted by Gasteiger charge is -2.18. The molecule has 2 heterocycles. The Morgan fingerprint density at radius 3 is 2.85 bits per heavy atom. The van der Waals surface area contributed by atoms with Gasteiger partial charge in [-0.15, -0.1) is 0 Å². The number of ether oxygens (including phenoxy) is 2. The van der Waals surface area contributed by atoms with Gasteiger partial charge in [-0.2, -0.15) is 0 Å². The third-order valence-electron chi connectivity index (χ3n) is 6.02. The zero-order valence-corrected chi connectivity index (χ0v) is 17.6. The summed E-state index contributed by atoms with van der Waals surface area (Å²) >= 11 is 3.67. The summed E-state index contributed by atoms with van der Waals surface area (Å²) in [6.07, 6.45) is 5.75. The average molecular weight is 437 g/mol. The molecule has 0 N–H and O–H groups in total. The minimum atomic E-state index is -0.103. The quantitative estimate of drug-likeness (QED) is 0.618. The lowest BCUT2D eigenvalue weighted by molar-refractivity contribution is 0.122. The Labute approximate surface area is 170 Å². The number of methoxy groups -OCH3 is 1. The highest BCUT2D eigenvalue weighted by atomic mass is 79.9. The Morgan fingerprint density at radius 1 is 1.22 bits per heavy atom. The Morgan fingerprint density at radius 2 is 2.07 bits per heavy atom. The lowest BCUT2D eigenvalue weighted by atomic mass is 9.98. The molecule has 3 aliphatic rings. The molecule has 3 fully saturated rings. The molecule has 1 aromatic rings. The molecule has 1 saturated carbocycles. The zero-order chi connectivity index (χ0) is 18.8. The third-order valence-corrected chi connectivity index (χ3v) is 6.80. The van der Waals surface area contributed by atoms with Crippen LogP contribution < -0.4 is 4.74 Å². The van der Waals surface area contributed by atoms with Gasteiger partial charge in [0.15, 0.2) is 0 Å². The summed E-state index contributed by atoms with van der Waals surface area (Å²) < 4.78 is 12.1. The van der Waals surface area contributed by atoms with E-state index in [1.807, 2.05) is 11.0 Å². The molecule has 0 bridgehead atoms. The van der Waals surface area contributed by atoms with Crippen molar-refractivity contribution in [3.63, 3.8) is 0 Å². The molecule has 0 radical (unpaired) electrons. The number of nitrogens with zero attached hydrogens (tertiary/aromatic N) is 2. The van der Waals surface area contributed by atoms with Gasteiger partial charge < -0.3 is 19.3 Å². The summed E-state index contributed by atoms with van der Waals surface area (Å²) in [5.74, 6) is 2.32. The van der Waals surface area contributed by atoms with Crippen molar-refractivity contribution in [1.82, 2.24) is 9.80 Å². The SMILES string of the molecule is COc1ccc(Br)c(CC2CCN(CCC3CN(CC4CC4)C(=O)O3)C2)c1. The molecule has 1 amide bonds. The van der Waals surface area contributed by atoms with Gasteiger partial charge in [0.25, 0.3) is 0 Å². The van der Waals surface area contributed by atoms with Crippen molar-refractivity contribution in [2.24, 2.45) is 11.8 Å². The second kappa shape index (κ2) is 8.39. The number of amides is 1. The molecule has 5 nitrogen and oxygen atoms in total. The molecule has 1 aliphatic carbocycles. The second-order valence-electron chi connectivity index (χ2n) is 8.26. The number of carbonyl (C=O) groups is 1. The summed E-state index contributed by atoms with van der Waals surface area (Å²) in [7, 11) is 1.71. The minimum absolute atomic E-state index is 0.0721. The van der Waals surface area contributed by atoms with Crippen LogP contribution in [0.2, 0.25) is 0 Å². The van der Waals surface area contributed by atoms with Crippen LogP contribution in [0.5, 0.6) is 5.75 Å². The van der Waals surface area contributed by atoms with E-state index in [1.54, 1.807) is 7.11 Å². The fourth-order valence-corrected chi connectivity index (χ4v) is 4.65. The van der Waals surface area contributed by atoms with Crippen molar-refractivity contribution in [2.45, 2.75) is 38.2 Å².